The molecule has 0 fully saturated rings. The number of ether oxygens (including phenoxy) is 3. The third kappa shape index (κ3) is 5.49. The molecule has 2 aromatic rings. The Morgan fingerprint density at radius 2 is 1.87 bits per heavy atom. The molecule has 1 heterocycles. The van der Waals surface area contributed by atoms with Gasteiger partial charge >= 0.3 is 0 Å². The molecule has 1 aliphatic rings. The van der Waals surface area contributed by atoms with Gasteiger partial charge in [0, 0.05) is 23.3 Å². The van der Waals surface area contributed by atoms with Gasteiger partial charge in [0.1, 0.15) is 19.0 Å². The van der Waals surface area contributed by atoms with E-state index in [1.807, 2.05) is 0 Å². The lowest BCUT2D eigenvalue weighted by Crippen LogP contribution is -2.44. The number of carbonyl (C=O) groups excluding carboxylic acids is 2. The van der Waals surface area contributed by atoms with Gasteiger partial charge in [0.15, 0.2) is 17.6 Å². The van der Waals surface area contributed by atoms with Crippen LogP contribution in [0.15, 0.2) is 36.4 Å². The lowest BCUT2D eigenvalue weighted by atomic mass is 10.2. The summed E-state index contributed by atoms with van der Waals surface area (Å²) in [6.07, 6.45) is -0.828. The number of hydrogen-bond donors (Lipinski definition) is 1. The molecule has 2 aromatic carbocycles. The molecule has 1 N–H and O–H groups in total. The Balaban J connectivity index is 1.59. The number of anilines is 1. The number of fused-ring (bicyclic) bond motifs is 1. The zero-order valence-electron chi connectivity index (χ0n) is 16.6. The van der Waals surface area contributed by atoms with Gasteiger partial charge in [0.25, 0.3) is 5.91 Å². The number of carbonyl (C=O) groups is 2. The molecule has 160 valence electrons. The second-order valence-electron chi connectivity index (χ2n) is 6.59. The van der Waals surface area contributed by atoms with Gasteiger partial charge in [-0.05, 0) is 44.2 Å². The summed E-state index contributed by atoms with van der Waals surface area (Å²) in [4.78, 5) is 26.6. The molecule has 3 rings (SSSR count). The minimum Gasteiger partial charge on any atom is -0.486 e. The van der Waals surface area contributed by atoms with Crippen molar-refractivity contribution in [2.24, 2.45) is 0 Å². The zero-order valence-corrected chi connectivity index (χ0v) is 18.1. The summed E-state index contributed by atoms with van der Waals surface area (Å²) in [5.74, 6) is 0.888. The van der Waals surface area contributed by atoms with Crippen LogP contribution in [0.4, 0.5) is 5.69 Å². The van der Waals surface area contributed by atoms with E-state index in [1.54, 1.807) is 44.2 Å². The molecular formula is C21H22Cl2N2O5. The van der Waals surface area contributed by atoms with Crippen molar-refractivity contribution in [2.75, 3.05) is 31.6 Å². The van der Waals surface area contributed by atoms with Crippen LogP contribution < -0.4 is 19.5 Å². The van der Waals surface area contributed by atoms with E-state index in [0.29, 0.717) is 52.7 Å². The first-order valence-corrected chi connectivity index (χ1v) is 10.2. The lowest BCUT2D eigenvalue weighted by Gasteiger charge is -2.25. The molecule has 0 bridgehead atoms. The molecule has 2 amide bonds. The van der Waals surface area contributed by atoms with Crippen molar-refractivity contribution < 1.29 is 23.8 Å². The normalized spacial score (nSPS) is 13.3. The predicted molar refractivity (Wildman–Crippen MR) is 115 cm³/mol. The number of benzene rings is 2. The van der Waals surface area contributed by atoms with Gasteiger partial charge in [-0.2, -0.15) is 0 Å². The average Bonchev–Trinajstić information content (AvgIpc) is 2.73. The van der Waals surface area contributed by atoms with E-state index in [-0.39, 0.29) is 18.4 Å². The Kier molecular flexibility index (Phi) is 7.29. The first-order chi connectivity index (χ1) is 14.4. The maximum atomic E-state index is 12.8. The Hall–Kier alpha value is -2.64. The summed E-state index contributed by atoms with van der Waals surface area (Å²) < 4.78 is 16.6. The van der Waals surface area contributed by atoms with Gasteiger partial charge in [-0.1, -0.05) is 23.2 Å². The summed E-state index contributed by atoms with van der Waals surface area (Å²) >= 11 is 12.0. The Morgan fingerprint density at radius 3 is 2.57 bits per heavy atom. The number of nitrogens with zero attached hydrogens (tertiary/aromatic N) is 1. The second-order valence-corrected chi connectivity index (χ2v) is 7.44. The van der Waals surface area contributed by atoms with E-state index in [9.17, 15) is 9.59 Å². The first kappa shape index (κ1) is 22.1. The topological polar surface area (TPSA) is 77.1 Å². The molecule has 30 heavy (non-hydrogen) atoms. The van der Waals surface area contributed by atoms with Crippen LogP contribution in [0, 0.1) is 0 Å². The van der Waals surface area contributed by atoms with Crippen molar-refractivity contribution in [3.63, 3.8) is 0 Å². The molecule has 1 aliphatic heterocycles. The third-order valence-electron chi connectivity index (χ3n) is 4.40. The summed E-state index contributed by atoms with van der Waals surface area (Å²) in [7, 11) is 0. The Labute approximate surface area is 184 Å². The molecule has 0 aliphatic carbocycles. The molecular weight excluding hydrogens is 431 g/mol. The molecule has 1 atom stereocenters. The van der Waals surface area contributed by atoms with Crippen molar-refractivity contribution in [3.8, 4) is 17.2 Å². The van der Waals surface area contributed by atoms with Gasteiger partial charge in [-0.15, -0.1) is 0 Å². The first-order valence-electron chi connectivity index (χ1n) is 9.47. The largest absolute Gasteiger partial charge is 0.486 e. The highest BCUT2D eigenvalue weighted by molar-refractivity contribution is 6.35. The lowest BCUT2D eigenvalue weighted by molar-refractivity contribution is -0.140. The van der Waals surface area contributed by atoms with E-state index in [1.165, 1.54) is 11.0 Å². The molecule has 7 nitrogen and oxygen atoms in total. The van der Waals surface area contributed by atoms with Crippen LogP contribution in [0.1, 0.15) is 13.8 Å². The zero-order chi connectivity index (χ0) is 21.7. The van der Waals surface area contributed by atoms with Gasteiger partial charge < -0.3 is 24.4 Å². The van der Waals surface area contributed by atoms with Crippen LogP contribution >= 0.6 is 23.2 Å². The fourth-order valence-electron chi connectivity index (χ4n) is 2.91. The molecule has 9 heteroatoms. The van der Waals surface area contributed by atoms with Crippen LogP contribution in [-0.4, -0.2) is 49.1 Å². The summed E-state index contributed by atoms with van der Waals surface area (Å²) in [6, 6.07) is 9.90. The quantitative estimate of drug-likeness (QED) is 0.686. The van der Waals surface area contributed by atoms with E-state index < -0.39 is 6.10 Å². The van der Waals surface area contributed by atoms with Crippen molar-refractivity contribution >= 4 is 40.7 Å². The standard InChI is InChI=1S/C21H22Cl2N2O5/c1-3-25(21(27)13(2)30-17-6-4-14(22)10-16(17)23)12-20(26)24-15-5-7-18-19(11-15)29-9-8-28-18/h4-7,10-11,13H,3,8-9,12H2,1-2H3,(H,24,26). The van der Waals surface area contributed by atoms with Crippen molar-refractivity contribution in [2.45, 2.75) is 20.0 Å². The van der Waals surface area contributed by atoms with Crippen LogP contribution in [0.2, 0.25) is 10.0 Å². The van der Waals surface area contributed by atoms with E-state index in [0.717, 1.165) is 0 Å². The molecule has 1 unspecified atom stereocenters. The third-order valence-corrected chi connectivity index (χ3v) is 4.93. The maximum Gasteiger partial charge on any atom is 0.263 e. The van der Waals surface area contributed by atoms with Crippen molar-refractivity contribution in [1.29, 1.82) is 0 Å². The minimum atomic E-state index is -0.828. The smallest absolute Gasteiger partial charge is 0.263 e. The van der Waals surface area contributed by atoms with E-state index >= 15 is 0 Å². The van der Waals surface area contributed by atoms with E-state index in [4.69, 9.17) is 37.4 Å². The Bertz CT molecular complexity index is 938. The SMILES string of the molecule is CCN(CC(=O)Nc1ccc2c(c1)OCCO2)C(=O)C(C)Oc1ccc(Cl)cc1Cl. The number of nitrogens with one attached hydrogen (secondary N) is 1. The maximum absolute atomic E-state index is 12.8. The number of hydrogen-bond acceptors (Lipinski definition) is 5. The number of likely N-dealkylation sites (N-methyl/N-ethyl adjacent to an activating group) is 1. The van der Waals surface area contributed by atoms with Gasteiger partial charge in [-0.25, -0.2) is 0 Å². The highest BCUT2D eigenvalue weighted by Gasteiger charge is 2.24. The Morgan fingerprint density at radius 1 is 1.13 bits per heavy atom. The van der Waals surface area contributed by atoms with Gasteiger partial charge in [0.2, 0.25) is 5.91 Å². The van der Waals surface area contributed by atoms with Crippen LogP contribution in [0.3, 0.4) is 0 Å². The number of amides is 2. The van der Waals surface area contributed by atoms with Crippen molar-refractivity contribution in [3.05, 3.63) is 46.4 Å². The highest BCUT2D eigenvalue weighted by atomic mass is 35.5. The van der Waals surface area contributed by atoms with Gasteiger partial charge in [-0.3, -0.25) is 9.59 Å². The molecule has 0 aromatic heterocycles. The second kappa shape index (κ2) is 9.91. The summed E-state index contributed by atoms with van der Waals surface area (Å²) in [6.45, 7) is 4.57. The van der Waals surface area contributed by atoms with Crippen LogP contribution in [0.5, 0.6) is 17.2 Å². The monoisotopic (exact) mass is 452 g/mol. The molecule has 0 radical (unpaired) electrons. The highest BCUT2D eigenvalue weighted by Crippen LogP contribution is 2.32. The van der Waals surface area contributed by atoms with Crippen molar-refractivity contribution in [1.82, 2.24) is 4.90 Å². The van der Waals surface area contributed by atoms with Crippen LogP contribution in [-0.2, 0) is 9.59 Å². The molecule has 0 saturated carbocycles. The fourth-order valence-corrected chi connectivity index (χ4v) is 3.36. The molecule has 0 saturated heterocycles. The summed E-state index contributed by atoms with van der Waals surface area (Å²) in [5.41, 5.74) is 0.560. The predicted octanol–water partition coefficient (Wildman–Crippen LogP) is 4.02. The van der Waals surface area contributed by atoms with Crippen LogP contribution in [0.25, 0.3) is 0 Å². The summed E-state index contributed by atoms with van der Waals surface area (Å²) in [5, 5.41) is 3.55. The average molecular weight is 453 g/mol. The number of rotatable bonds is 7. The molecule has 0 spiro atoms. The van der Waals surface area contributed by atoms with E-state index in [2.05, 4.69) is 5.32 Å². The fraction of sp³-hybridized carbons (Fsp3) is 0.333. The number of halogens is 2. The van der Waals surface area contributed by atoms with Gasteiger partial charge in [0.05, 0.1) is 11.6 Å². The minimum absolute atomic E-state index is 0.119.